The first kappa shape index (κ1) is 16.5. The fraction of sp³-hybridized carbons (Fsp3) is 0.211. The number of nitrogens with zero attached hydrogens (tertiary/aromatic N) is 1. The fourth-order valence-electron chi connectivity index (χ4n) is 2.62. The monoisotopic (exact) mass is 341 g/mol. The quantitative estimate of drug-likeness (QED) is 0.723. The number of hydrogen-bond acceptors (Lipinski definition) is 4. The summed E-state index contributed by atoms with van der Waals surface area (Å²) in [5, 5.41) is 1.08. The summed E-state index contributed by atoms with van der Waals surface area (Å²) in [5.41, 5.74) is 4.13. The Labute approximate surface area is 142 Å². The minimum Gasteiger partial charge on any atom is -0.489 e. The van der Waals surface area contributed by atoms with Crippen molar-refractivity contribution in [2.75, 3.05) is 6.26 Å². The minimum absolute atomic E-state index is 0.288. The molecule has 3 aromatic rings. The molecule has 0 saturated heterocycles. The van der Waals surface area contributed by atoms with Crippen LogP contribution in [0.15, 0.2) is 53.4 Å². The van der Waals surface area contributed by atoms with Crippen molar-refractivity contribution >= 4 is 20.7 Å². The first-order chi connectivity index (χ1) is 11.3. The van der Waals surface area contributed by atoms with Crippen molar-refractivity contribution in [1.29, 1.82) is 0 Å². The van der Waals surface area contributed by atoms with E-state index in [2.05, 4.69) is 11.1 Å². The summed E-state index contributed by atoms with van der Waals surface area (Å²) < 4.78 is 28.8. The zero-order valence-electron chi connectivity index (χ0n) is 13.9. The molecule has 0 aliphatic heterocycles. The van der Waals surface area contributed by atoms with Crippen LogP contribution >= 0.6 is 0 Å². The number of aromatic nitrogens is 1. The van der Waals surface area contributed by atoms with Crippen LogP contribution in [0.25, 0.3) is 10.9 Å². The number of ether oxygens (including phenoxy) is 1. The van der Waals surface area contributed by atoms with Crippen LogP contribution in [-0.4, -0.2) is 19.7 Å². The summed E-state index contributed by atoms with van der Waals surface area (Å²) in [4.78, 5) is 4.84. The second-order valence-electron chi connectivity index (χ2n) is 5.98. The standard InChI is InChI=1S/C19H19NO3S/c1-13-4-9-19-18(10-13)15(11-14(2)20-19)12-23-16-5-7-17(8-6-16)24(3,21)22/h4-11H,12H2,1-3H3. The first-order valence-electron chi connectivity index (χ1n) is 7.63. The molecule has 24 heavy (non-hydrogen) atoms. The van der Waals surface area contributed by atoms with Gasteiger partial charge < -0.3 is 4.74 Å². The molecule has 124 valence electrons. The normalized spacial score (nSPS) is 11.6. The van der Waals surface area contributed by atoms with Crippen molar-refractivity contribution in [2.24, 2.45) is 0 Å². The molecule has 0 fully saturated rings. The molecule has 0 spiro atoms. The van der Waals surface area contributed by atoms with Crippen LogP contribution in [0.2, 0.25) is 0 Å². The summed E-state index contributed by atoms with van der Waals surface area (Å²) in [6.45, 7) is 4.42. The Bertz CT molecular complexity index is 993. The van der Waals surface area contributed by atoms with Gasteiger partial charge in [-0.05, 0) is 56.3 Å². The van der Waals surface area contributed by atoms with E-state index in [9.17, 15) is 8.42 Å². The van der Waals surface area contributed by atoms with E-state index in [1.807, 2.05) is 32.0 Å². The lowest BCUT2D eigenvalue weighted by molar-refractivity contribution is 0.307. The van der Waals surface area contributed by atoms with Crippen LogP contribution in [-0.2, 0) is 16.4 Å². The van der Waals surface area contributed by atoms with Gasteiger partial charge in [-0.3, -0.25) is 4.98 Å². The molecular formula is C19H19NO3S. The van der Waals surface area contributed by atoms with Gasteiger partial charge in [-0.1, -0.05) is 11.6 Å². The average Bonchev–Trinajstić information content (AvgIpc) is 2.52. The summed E-state index contributed by atoms with van der Waals surface area (Å²) in [6.07, 6.45) is 1.19. The largest absolute Gasteiger partial charge is 0.489 e. The van der Waals surface area contributed by atoms with E-state index in [0.29, 0.717) is 12.4 Å². The first-order valence-corrected chi connectivity index (χ1v) is 9.52. The van der Waals surface area contributed by atoms with Gasteiger partial charge in [-0.15, -0.1) is 0 Å². The SMILES string of the molecule is Cc1ccc2nc(C)cc(COc3ccc(S(C)(=O)=O)cc3)c2c1. The Morgan fingerprint density at radius 2 is 1.71 bits per heavy atom. The molecule has 0 radical (unpaired) electrons. The molecule has 5 heteroatoms. The molecule has 0 aliphatic rings. The van der Waals surface area contributed by atoms with Gasteiger partial charge in [-0.2, -0.15) is 0 Å². The molecule has 2 aromatic carbocycles. The number of benzene rings is 2. The Morgan fingerprint density at radius 1 is 1.00 bits per heavy atom. The zero-order chi connectivity index (χ0) is 17.3. The van der Waals surface area contributed by atoms with Crippen LogP contribution in [0.3, 0.4) is 0 Å². The average molecular weight is 341 g/mol. The van der Waals surface area contributed by atoms with E-state index >= 15 is 0 Å². The highest BCUT2D eigenvalue weighted by Gasteiger charge is 2.08. The smallest absolute Gasteiger partial charge is 0.175 e. The Kier molecular flexibility index (Phi) is 4.28. The summed E-state index contributed by atoms with van der Waals surface area (Å²) in [7, 11) is -3.19. The zero-order valence-corrected chi connectivity index (χ0v) is 14.7. The molecule has 0 unspecified atom stereocenters. The number of fused-ring (bicyclic) bond motifs is 1. The Hall–Kier alpha value is -2.40. The van der Waals surface area contributed by atoms with Crippen LogP contribution < -0.4 is 4.74 Å². The van der Waals surface area contributed by atoms with Crippen LogP contribution in [0, 0.1) is 13.8 Å². The third-order valence-electron chi connectivity index (χ3n) is 3.82. The van der Waals surface area contributed by atoms with Gasteiger partial charge in [0, 0.05) is 22.9 Å². The summed E-state index contributed by atoms with van der Waals surface area (Å²) in [6, 6.07) is 14.7. The second-order valence-corrected chi connectivity index (χ2v) is 7.99. The van der Waals surface area contributed by atoms with Crippen molar-refractivity contribution in [3.8, 4) is 5.75 Å². The molecule has 0 saturated carbocycles. The Balaban J connectivity index is 1.87. The van der Waals surface area contributed by atoms with Gasteiger partial charge in [0.1, 0.15) is 12.4 Å². The van der Waals surface area contributed by atoms with Gasteiger partial charge in [0.2, 0.25) is 0 Å². The maximum Gasteiger partial charge on any atom is 0.175 e. The predicted molar refractivity (Wildman–Crippen MR) is 95.1 cm³/mol. The van der Waals surface area contributed by atoms with Crippen LogP contribution in [0.5, 0.6) is 5.75 Å². The molecule has 1 heterocycles. The van der Waals surface area contributed by atoms with Crippen molar-refractivity contribution in [2.45, 2.75) is 25.3 Å². The third kappa shape index (κ3) is 3.57. The lowest BCUT2D eigenvalue weighted by Gasteiger charge is -2.11. The molecule has 0 bridgehead atoms. The maximum absolute atomic E-state index is 11.5. The van der Waals surface area contributed by atoms with Gasteiger partial charge in [0.05, 0.1) is 10.4 Å². The van der Waals surface area contributed by atoms with E-state index in [-0.39, 0.29) is 4.90 Å². The van der Waals surface area contributed by atoms with Crippen LogP contribution in [0.4, 0.5) is 0 Å². The number of sulfone groups is 1. The highest BCUT2D eigenvalue weighted by Crippen LogP contribution is 2.22. The maximum atomic E-state index is 11.5. The molecule has 1 aromatic heterocycles. The van der Waals surface area contributed by atoms with E-state index < -0.39 is 9.84 Å². The van der Waals surface area contributed by atoms with Crippen molar-refractivity contribution < 1.29 is 13.2 Å². The van der Waals surface area contributed by atoms with Crippen molar-refractivity contribution in [3.63, 3.8) is 0 Å². The summed E-state index contributed by atoms with van der Waals surface area (Å²) in [5.74, 6) is 0.637. The van der Waals surface area contributed by atoms with Gasteiger partial charge >= 0.3 is 0 Å². The number of pyridine rings is 1. The minimum atomic E-state index is -3.19. The number of rotatable bonds is 4. The lowest BCUT2D eigenvalue weighted by Crippen LogP contribution is -2.00. The molecule has 4 nitrogen and oxygen atoms in total. The lowest BCUT2D eigenvalue weighted by atomic mass is 10.1. The molecule has 0 atom stereocenters. The van der Waals surface area contributed by atoms with Gasteiger partial charge in [0.25, 0.3) is 0 Å². The molecule has 0 amide bonds. The van der Waals surface area contributed by atoms with E-state index in [4.69, 9.17) is 4.74 Å². The number of aryl methyl sites for hydroxylation is 2. The topological polar surface area (TPSA) is 56.3 Å². The molecule has 3 rings (SSSR count). The van der Waals surface area contributed by atoms with Crippen LogP contribution in [0.1, 0.15) is 16.8 Å². The van der Waals surface area contributed by atoms with Crippen molar-refractivity contribution in [1.82, 2.24) is 4.98 Å². The highest BCUT2D eigenvalue weighted by atomic mass is 32.2. The molecule has 0 aliphatic carbocycles. The third-order valence-corrected chi connectivity index (χ3v) is 4.95. The second kappa shape index (κ2) is 6.24. The van der Waals surface area contributed by atoms with E-state index in [0.717, 1.165) is 22.2 Å². The highest BCUT2D eigenvalue weighted by molar-refractivity contribution is 7.90. The fourth-order valence-corrected chi connectivity index (χ4v) is 3.25. The Morgan fingerprint density at radius 3 is 2.38 bits per heavy atom. The van der Waals surface area contributed by atoms with Gasteiger partial charge in [0.15, 0.2) is 9.84 Å². The van der Waals surface area contributed by atoms with E-state index in [1.165, 1.54) is 11.8 Å². The predicted octanol–water partition coefficient (Wildman–Crippen LogP) is 3.83. The van der Waals surface area contributed by atoms with E-state index in [1.54, 1.807) is 24.3 Å². The number of hydrogen-bond donors (Lipinski definition) is 0. The van der Waals surface area contributed by atoms with Crippen molar-refractivity contribution in [3.05, 3.63) is 65.4 Å². The molecule has 0 N–H and O–H groups in total. The molecular weight excluding hydrogens is 322 g/mol. The van der Waals surface area contributed by atoms with Gasteiger partial charge in [-0.25, -0.2) is 8.42 Å². The summed E-state index contributed by atoms with van der Waals surface area (Å²) >= 11 is 0.